The number of rotatable bonds is 4. The molecular formula is C20H22N6O. The summed E-state index contributed by atoms with van der Waals surface area (Å²) in [6, 6.07) is 8.02. The number of hydrogen-bond acceptors (Lipinski definition) is 5. The minimum absolute atomic E-state index is 0.00807. The molecule has 27 heavy (non-hydrogen) atoms. The van der Waals surface area contributed by atoms with Gasteiger partial charge >= 0.3 is 0 Å². The second-order valence-corrected chi connectivity index (χ2v) is 6.82. The van der Waals surface area contributed by atoms with Gasteiger partial charge in [0, 0.05) is 31.4 Å². The van der Waals surface area contributed by atoms with Gasteiger partial charge < -0.3 is 15.2 Å². The molecule has 7 nitrogen and oxygen atoms in total. The number of carbonyl (C=O) groups is 1. The van der Waals surface area contributed by atoms with E-state index in [2.05, 4.69) is 31.3 Å². The van der Waals surface area contributed by atoms with Gasteiger partial charge in [0.15, 0.2) is 0 Å². The van der Waals surface area contributed by atoms with Gasteiger partial charge in [-0.3, -0.25) is 4.79 Å². The molecule has 1 aliphatic heterocycles. The van der Waals surface area contributed by atoms with E-state index in [1.165, 1.54) is 11.9 Å². The lowest BCUT2D eigenvalue weighted by atomic mass is 9.91. The van der Waals surface area contributed by atoms with Crippen LogP contribution in [0.4, 0.5) is 11.6 Å². The third-order valence-corrected chi connectivity index (χ3v) is 4.95. The smallest absolute Gasteiger partial charge is 0.271 e. The number of aryl methyl sites for hydroxylation is 1. The Balaban J connectivity index is 1.50. The zero-order valence-electron chi connectivity index (χ0n) is 15.2. The SMILES string of the molecule is Cc1cccnc1Nc1cc([C@H]2CCCN(C(=O)c3cnc[nH]3)C2)ccn1. The number of likely N-dealkylation sites (tertiary alicyclic amines) is 1. The van der Waals surface area contributed by atoms with Crippen LogP contribution >= 0.6 is 0 Å². The molecule has 1 saturated heterocycles. The van der Waals surface area contributed by atoms with E-state index in [-0.39, 0.29) is 5.91 Å². The zero-order valence-corrected chi connectivity index (χ0v) is 15.2. The van der Waals surface area contributed by atoms with Gasteiger partial charge in [0.05, 0.1) is 12.5 Å². The molecule has 0 unspecified atom stereocenters. The Morgan fingerprint density at radius 3 is 3.04 bits per heavy atom. The standard InChI is InChI=1S/C20H22N6O/c1-14-4-2-7-23-19(14)25-18-10-15(6-8-22-18)16-5-3-9-26(12-16)20(27)17-11-21-13-24-17/h2,4,6-8,10-11,13,16H,3,5,9,12H2,1H3,(H,21,24)(H,22,23,25)/t16-/m0/s1. The molecule has 138 valence electrons. The molecule has 1 amide bonds. The molecule has 7 heteroatoms. The quantitative estimate of drug-likeness (QED) is 0.744. The third-order valence-electron chi connectivity index (χ3n) is 4.95. The van der Waals surface area contributed by atoms with Gasteiger partial charge in [-0.15, -0.1) is 0 Å². The van der Waals surface area contributed by atoms with E-state index >= 15 is 0 Å². The lowest BCUT2D eigenvalue weighted by molar-refractivity contribution is 0.0702. The maximum absolute atomic E-state index is 12.6. The number of aromatic amines is 1. The molecule has 1 fully saturated rings. The number of anilines is 2. The highest BCUT2D eigenvalue weighted by molar-refractivity contribution is 5.92. The lowest BCUT2D eigenvalue weighted by Crippen LogP contribution is -2.39. The summed E-state index contributed by atoms with van der Waals surface area (Å²) in [5.41, 5.74) is 2.79. The van der Waals surface area contributed by atoms with Crippen molar-refractivity contribution in [1.29, 1.82) is 0 Å². The number of hydrogen-bond donors (Lipinski definition) is 2. The van der Waals surface area contributed by atoms with Crippen LogP contribution in [-0.4, -0.2) is 43.8 Å². The molecule has 3 aromatic heterocycles. The number of carbonyl (C=O) groups excluding carboxylic acids is 1. The molecule has 0 spiro atoms. The maximum atomic E-state index is 12.6. The largest absolute Gasteiger partial charge is 0.341 e. The van der Waals surface area contributed by atoms with Crippen molar-refractivity contribution in [2.24, 2.45) is 0 Å². The third kappa shape index (κ3) is 3.81. The van der Waals surface area contributed by atoms with Crippen molar-refractivity contribution >= 4 is 17.5 Å². The molecule has 1 atom stereocenters. The van der Waals surface area contributed by atoms with Gasteiger partial charge in [-0.1, -0.05) is 6.07 Å². The first-order valence-electron chi connectivity index (χ1n) is 9.13. The highest BCUT2D eigenvalue weighted by Crippen LogP contribution is 2.29. The van der Waals surface area contributed by atoms with Gasteiger partial charge in [0.1, 0.15) is 17.3 Å². The number of imidazole rings is 1. The van der Waals surface area contributed by atoms with Crippen LogP contribution in [-0.2, 0) is 0 Å². The van der Waals surface area contributed by atoms with Crippen molar-refractivity contribution in [2.75, 3.05) is 18.4 Å². The van der Waals surface area contributed by atoms with Crippen molar-refractivity contribution in [2.45, 2.75) is 25.7 Å². The molecule has 0 radical (unpaired) electrons. The lowest BCUT2D eigenvalue weighted by Gasteiger charge is -2.32. The number of H-pyrrole nitrogens is 1. The second-order valence-electron chi connectivity index (χ2n) is 6.82. The van der Waals surface area contributed by atoms with E-state index in [9.17, 15) is 4.79 Å². The number of aromatic nitrogens is 4. The predicted molar refractivity (Wildman–Crippen MR) is 103 cm³/mol. The Morgan fingerprint density at radius 1 is 1.30 bits per heavy atom. The van der Waals surface area contributed by atoms with Crippen molar-refractivity contribution < 1.29 is 4.79 Å². The number of piperidine rings is 1. The monoisotopic (exact) mass is 362 g/mol. The number of pyridine rings is 2. The zero-order chi connectivity index (χ0) is 18.6. The van der Waals surface area contributed by atoms with E-state index in [4.69, 9.17) is 0 Å². The van der Waals surface area contributed by atoms with Crippen LogP contribution in [0.25, 0.3) is 0 Å². The van der Waals surface area contributed by atoms with Crippen molar-refractivity contribution in [3.05, 3.63) is 66.0 Å². The molecule has 0 bridgehead atoms. The summed E-state index contributed by atoms with van der Waals surface area (Å²) in [5, 5.41) is 3.29. The Hall–Kier alpha value is -3.22. The number of amides is 1. The van der Waals surface area contributed by atoms with E-state index in [0.717, 1.165) is 36.6 Å². The minimum atomic E-state index is 0.00807. The average molecular weight is 362 g/mol. The molecular weight excluding hydrogens is 340 g/mol. The minimum Gasteiger partial charge on any atom is -0.341 e. The normalized spacial score (nSPS) is 16.9. The Bertz CT molecular complexity index is 924. The molecule has 0 aliphatic carbocycles. The highest BCUT2D eigenvalue weighted by Gasteiger charge is 2.26. The van der Waals surface area contributed by atoms with Crippen molar-refractivity contribution in [3.63, 3.8) is 0 Å². The molecule has 1 aliphatic rings. The Labute approximate surface area is 157 Å². The molecule has 2 N–H and O–H groups in total. The summed E-state index contributed by atoms with van der Waals surface area (Å²) < 4.78 is 0. The molecule has 0 aromatic carbocycles. The maximum Gasteiger partial charge on any atom is 0.271 e. The van der Waals surface area contributed by atoms with Crippen LogP contribution < -0.4 is 5.32 Å². The number of nitrogens with one attached hydrogen (secondary N) is 2. The fourth-order valence-corrected chi connectivity index (χ4v) is 3.48. The van der Waals surface area contributed by atoms with E-state index < -0.39 is 0 Å². The summed E-state index contributed by atoms with van der Waals surface area (Å²) in [5.74, 6) is 1.88. The summed E-state index contributed by atoms with van der Waals surface area (Å²) in [4.78, 5) is 30.1. The Kier molecular flexibility index (Phi) is 4.82. The van der Waals surface area contributed by atoms with E-state index in [1.807, 2.05) is 36.2 Å². The number of nitrogens with zero attached hydrogens (tertiary/aromatic N) is 4. The first-order valence-corrected chi connectivity index (χ1v) is 9.13. The topological polar surface area (TPSA) is 86.8 Å². The fraction of sp³-hybridized carbons (Fsp3) is 0.300. The first kappa shape index (κ1) is 17.2. The van der Waals surface area contributed by atoms with Gasteiger partial charge in [0.2, 0.25) is 0 Å². The highest BCUT2D eigenvalue weighted by atomic mass is 16.2. The molecule has 0 saturated carbocycles. The van der Waals surface area contributed by atoms with E-state index in [0.29, 0.717) is 18.2 Å². The van der Waals surface area contributed by atoms with Crippen LogP contribution in [0.5, 0.6) is 0 Å². The first-order chi connectivity index (χ1) is 13.2. The Morgan fingerprint density at radius 2 is 2.22 bits per heavy atom. The van der Waals surface area contributed by atoms with Crippen LogP contribution in [0.3, 0.4) is 0 Å². The summed E-state index contributed by atoms with van der Waals surface area (Å²) in [6.45, 7) is 3.49. The van der Waals surface area contributed by atoms with Gasteiger partial charge in [-0.2, -0.15) is 0 Å². The predicted octanol–water partition coefficient (Wildman–Crippen LogP) is 3.27. The van der Waals surface area contributed by atoms with Crippen LogP contribution in [0, 0.1) is 6.92 Å². The van der Waals surface area contributed by atoms with Crippen molar-refractivity contribution in [1.82, 2.24) is 24.8 Å². The fourth-order valence-electron chi connectivity index (χ4n) is 3.48. The summed E-state index contributed by atoms with van der Waals surface area (Å²) in [6.07, 6.45) is 8.73. The average Bonchev–Trinajstić information content (AvgIpc) is 3.24. The second kappa shape index (κ2) is 7.57. The summed E-state index contributed by atoms with van der Waals surface area (Å²) >= 11 is 0. The van der Waals surface area contributed by atoms with E-state index in [1.54, 1.807) is 12.4 Å². The summed E-state index contributed by atoms with van der Waals surface area (Å²) in [7, 11) is 0. The van der Waals surface area contributed by atoms with Gasteiger partial charge in [0.25, 0.3) is 5.91 Å². The van der Waals surface area contributed by atoms with Crippen LogP contribution in [0.2, 0.25) is 0 Å². The van der Waals surface area contributed by atoms with Gasteiger partial charge in [-0.25, -0.2) is 15.0 Å². The van der Waals surface area contributed by atoms with Crippen molar-refractivity contribution in [3.8, 4) is 0 Å². The van der Waals surface area contributed by atoms with Crippen LogP contribution in [0.15, 0.2) is 49.2 Å². The van der Waals surface area contributed by atoms with Crippen LogP contribution in [0.1, 0.15) is 40.4 Å². The molecule has 3 aromatic rings. The van der Waals surface area contributed by atoms with Gasteiger partial charge in [-0.05, 0) is 49.1 Å². The molecule has 4 heterocycles. The molecule has 4 rings (SSSR count).